The second-order valence-electron chi connectivity index (χ2n) is 11.0. The lowest BCUT2D eigenvalue weighted by atomic mass is 10.0. The molecule has 4 nitrogen and oxygen atoms in total. The lowest BCUT2D eigenvalue weighted by Gasteiger charge is -2.16. The van der Waals surface area contributed by atoms with Crippen molar-refractivity contribution in [3.8, 4) is 28.2 Å². The lowest BCUT2D eigenvalue weighted by molar-refractivity contribution is 0.593. The SMILES string of the molecule is O=P1(c2ccccc2)c2ccccc2-c2c1ccc1c3ccccc3n(-c3ccc(-c4ncc5ccccc5n4)cc3)c21. The highest BCUT2D eigenvalue weighted by Gasteiger charge is 2.41. The predicted molar refractivity (Wildman–Crippen MR) is 178 cm³/mol. The van der Waals surface area contributed by atoms with Gasteiger partial charge >= 0.3 is 0 Å². The van der Waals surface area contributed by atoms with Crippen molar-refractivity contribution in [1.82, 2.24) is 14.5 Å². The molecule has 0 N–H and O–H groups in total. The van der Waals surface area contributed by atoms with Gasteiger partial charge in [-0.3, -0.25) is 0 Å². The summed E-state index contributed by atoms with van der Waals surface area (Å²) in [5.74, 6) is 0.700. The van der Waals surface area contributed by atoms with Gasteiger partial charge < -0.3 is 9.13 Å². The summed E-state index contributed by atoms with van der Waals surface area (Å²) in [5, 5.41) is 6.01. The van der Waals surface area contributed by atoms with E-state index in [9.17, 15) is 0 Å². The topological polar surface area (TPSA) is 47.8 Å². The zero-order valence-corrected chi connectivity index (χ0v) is 23.9. The molecule has 3 heterocycles. The van der Waals surface area contributed by atoms with Crippen LogP contribution in [0.2, 0.25) is 0 Å². The number of hydrogen-bond donors (Lipinski definition) is 0. The zero-order chi connectivity index (χ0) is 28.5. The molecule has 1 aliphatic heterocycles. The maximum absolute atomic E-state index is 15.2. The fourth-order valence-corrected chi connectivity index (χ4v) is 9.77. The summed E-state index contributed by atoms with van der Waals surface area (Å²) >= 11 is 0. The monoisotopic (exact) mass is 569 g/mol. The zero-order valence-electron chi connectivity index (χ0n) is 23.1. The number of para-hydroxylation sites is 2. The van der Waals surface area contributed by atoms with Crippen molar-refractivity contribution in [2.45, 2.75) is 0 Å². The molecule has 43 heavy (non-hydrogen) atoms. The van der Waals surface area contributed by atoms with Crippen LogP contribution in [-0.4, -0.2) is 14.5 Å². The fraction of sp³-hybridized carbons (Fsp3) is 0. The van der Waals surface area contributed by atoms with Crippen molar-refractivity contribution in [3.63, 3.8) is 0 Å². The predicted octanol–water partition coefficient (Wildman–Crippen LogP) is 8.01. The van der Waals surface area contributed by atoms with Crippen LogP contribution in [0.15, 0.2) is 146 Å². The van der Waals surface area contributed by atoms with Gasteiger partial charge in [0.25, 0.3) is 0 Å². The van der Waals surface area contributed by atoms with Gasteiger partial charge in [0.2, 0.25) is 0 Å². The van der Waals surface area contributed by atoms with E-state index in [4.69, 9.17) is 4.98 Å². The van der Waals surface area contributed by atoms with Crippen LogP contribution in [0, 0.1) is 0 Å². The number of nitrogens with zero attached hydrogens (tertiary/aromatic N) is 3. The van der Waals surface area contributed by atoms with Gasteiger partial charge in [0.15, 0.2) is 13.0 Å². The molecule has 1 unspecified atom stereocenters. The molecule has 0 aliphatic carbocycles. The molecule has 0 saturated carbocycles. The van der Waals surface area contributed by atoms with Crippen LogP contribution < -0.4 is 15.9 Å². The fourth-order valence-electron chi connectivity index (χ4n) is 6.72. The highest BCUT2D eigenvalue weighted by atomic mass is 31.2. The van der Waals surface area contributed by atoms with Gasteiger partial charge in [0.1, 0.15) is 0 Å². The quantitative estimate of drug-likeness (QED) is 0.203. The molecule has 2 aromatic heterocycles. The number of fused-ring (bicyclic) bond motifs is 8. The average Bonchev–Trinajstić information content (AvgIpc) is 3.55. The maximum atomic E-state index is 15.2. The van der Waals surface area contributed by atoms with E-state index in [1.807, 2.05) is 79.0 Å². The number of rotatable bonds is 3. The van der Waals surface area contributed by atoms with Crippen LogP contribution in [0.25, 0.3) is 60.9 Å². The Balaban J connectivity index is 1.31. The van der Waals surface area contributed by atoms with Gasteiger partial charge in [-0.2, -0.15) is 0 Å². The Morgan fingerprint density at radius 3 is 2.23 bits per heavy atom. The Kier molecular flexibility index (Phi) is 5.14. The molecular formula is C38H24N3OP. The third-order valence-electron chi connectivity index (χ3n) is 8.66. The van der Waals surface area contributed by atoms with Crippen molar-refractivity contribution in [1.29, 1.82) is 0 Å². The van der Waals surface area contributed by atoms with E-state index in [0.717, 1.165) is 65.6 Å². The maximum Gasteiger partial charge on any atom is 0.172 e. The summed E-state index contributed by atoms with van der Waals surface area (Å²) < 4.78 is 17.6. The van der Waals surface area contributed by atoms with Crippen LogP contribution in [0.4, 0.5) is 0 Å². The summed E-state index contributed by atoms with van der Waals surface area (Å²) in [4.78, 5) is 9.44. The summed E-state index contributed by atoms with van der Waals surface area (Å²) in [6.07, 6.45) is 1.88. The van der Waals surface area contributed by atoms with E-state index in [-0.39, 0.29) is 0 Å². The van der Waals surface area contributed by atoms with Crippen LogP contribution in [0.3, 0.4) is 0 Å². The summed E-state index contributed by atoms with van der Waals surface area (Å²) in [6.45, 7) is 0. The Morgan fingerprint density at radius 1 is 0.605 bits per heavy atom. The molecule has 5 heteroatoms. The molecule has 0 radical (unpaired) electrons. The first-order valence-corrected chi connectivity index (χ1v) is 16.1. The second-order valence-corrected chi connectivity index (χ2v) is 13.7. The lowest BCUT2D eigenvalue weighted by Crippen LogP contribution is -2.20. The van der Waals surface area contributed by atoms with E-state index in [1.54, 1.807) is 0 Å². The van der Waals surface area contributed by atoms with E-state index < -0.39 is 7.14 Å². The molecule has 8 aromatic rings. The van der Waals surface area contributed by atoms with Crippen molar-refractivity contribution in [2.24, 2.45) is 0 Å². The first-order valence-electron chi connectivity index (χ1n) is 14.4. The van der Waals surface area contributed by atoms with Crippen LogP contribution in [0.5, 0.6) is 0 Å². The Morgan fingerprint density at radius 2 is 1.35 bits per heavy atom. The molecule has 0 spiro atoms. The second kappa shape index (κ2) is 9.09. The van der Waals surface area contributed by atoms with E-state index in [2.05, 4.69) is 76.3 Å². The third kappa shape index (κ3) is 3.42. The van der Waals surface area contributed by atoms with Crippen LogP contribution in [-0.2, 0) is 4.57 Å². The molecule has 202 valence electrons. The molecule has 0 amide bonds. The van der Waals surface area contributed by atoms with Gasteiger partial charge in [-0.25, -0.2) is 9.97 Å². The molecule has 1 atom stereocenters. The van der Waals surface area contributed by atoms with Crippen molar-refractivity contribution in [3.05, 3.63) is 146 Å². The van der Waals surface area contributed by atoms with Gasteiger partial charge in [-0.1, -0.05) is 97.1 Å². The normalized spacial score (nSPS) is 15.6. The van der Waals surface area contributed by atoms with Crippen molar-refractivity contribution < 1.29 is 4.57 Å². The number of benzene rings is 6. The minimum absolute atomic E-state index is 0.700. The first kappa shape index (κ1) is 24.3. The Labute approximate surface area is 248 Å². The van der Waals surface area contributed by atoms with E-state index in [0.29, 0.717) is 5.82 Å². The molecule has 1 aliphatic rings. The van der Waals surface area contributed by atoms with Gasteiger partial charge in [0, 0.05) is 55.1 Å². The summed E-state index contributed by atoms with van der Waals surface area (Å²) in [6, 6.07) is 47.4. The van der Waals surface area contributed by atoms with E-state index in [1.165, 1.54) is 5.39 Å². The minimum atomic E-state index is -3.06. The largest absolute Gasteiger partial charge is 0.309 e. The smallest absolute Gasteiger partial charge is 0.172 e. The first-order chi connectivity index (χ1) is 21.2. The summed E-state index contributed by atoms with van der Waals surface area (Å²) in [5.41, 5.74) is 7.20. The molecular weight excluding hydrogens is 545 g/mol. The Bertz CT molecular complexity index is 2430. The Hall–Kier alpha value is -5.31. The molecule has 6 aromatic carbocycles. The summed E-state index contributed by atoms with van der Waals surface area (Å²) in [7, 11) is -3.06. The number of aromatic nitrogens is 3. The van der Waals surface area contributed by atoms with Crippen molar-refractivity contribution in [2.75, 3.05) is 0 Å². The third-order valence-corrected chi connectivity index (χ3v) is 11.8. The van der Waals surface area contributed by atoms with E-state index >= 15 is 4.57 Å². The average molecular weight is 570 g/mol. The molecule has 0 fully saturated rings. The van der Waals surface area contributed by atoms with Gasteiger partial charge in [-0.05, 0) is 48.0 Å². The number of hydrogen-bond acceptors (Lipinski definition) is 3. The van der Waals surface area contributed by atoms with Crippen LogP contribution in [0.1, 0.15) is 0 Å². The van der Waals surface area contributed by atoms with Gasteiger partial charge in [0.05, 0.1) is 16.6 Å². The standard InChI is InChI=1S/C38H24N3OP/c42-43(28-11-2-1-3-12-28)34-17-9-6-14-31(34)36-35(43)23-22-30-29-13-5-8-16-33(29)41(37(30)36)27-20-18-25(19-21-27)38-39-24-26-10-4-7-15-32(26)40-38/h1-24H. The van der Waals surface area contributed by atoms with Gasteiger partial charge in [-0.15, -0.1) is 0 Å². The van der Waals surface area contributed by atoms with Crippen molar-refractivity contribution >= 4 is 55.8 Å². The molecule has 0 saturated heterocycles. The van der Waals surface area contributed by atoms with Crippen LogP contribution >= 0.6 is 7.14 Å². The molecule has 0 bridgehead atoms. The highest BCUT2D eigenvalue weighted by Crippen LogP contribution is 2.54. The molecule has 9 rings (SSSR count). The minimum Gasteiger partial charge on any atom is -0.309 e. The highest BCUT2D eigenvalue weighted by molar-refractivity contribution is 7.86.